The maximum Gasteiger partial charge on any atom is 0.134 e. The number of hydrogen-bond donors (Lipinski definition) is 1. The summed E-state index contributed by atoms with van der Waals surface area (Å²) >= 11 is 0. The molecule has 0 radical (unpaired) electrons. The average molecular weight is 256 g/mol. The highest BCUT2D eigenvalue weighted by Gasteiger charge is 2.05. The summed E-state index contributed by atoms with van der Waals surface area (Å²) in [5, 5.41) is 12.5. The fraction of sp³-hybridized carbons (Fsp3) is 0.286. The maximum atomic E-state index is 5.50. The number of aryl methyl sites for hydroxylation is 1. The lowest BCUT2D eigenvalue weighted by atomic mass is 10.2. The van der Waals surface area contributed by atoms with Crippen molar-refractivity contribution in [1.29, 1.82) is 0 Å². The van der Waals surface area contributed by atoms with E-state index in [4.69, 9.17) is 4.42 Å². The fourth-order valence-electron chi connectivity index (χ4n) is 2.13. The highest BCUT2D eigenvalue weighted by molar-refractivity contribution is 5.80. The van der Waals surface area contributed by atoms with Gasteiger partial charge in [-0.05, 0) is 6.07 Å². The molecule has 3 aromatic rings. The predicted octanol–water partition coefficient (Wildman–Crippen LogP) is 1.89. The number of nitrogens with zero attached hydrogens (tertiary/aromatic N) is 3. The Morgan fingerprint density at radius 2 is 2.21 bits per heavy atom. The quantitative estimate of drug-likeness (QED) is 0.708. The van der Waals surface area contributed by atoms with Gasteiger partial charge in [0.15, 0.2) is 0 Å². The summed E-state index contributed by atoms with van der Waals surface area (Å²) < 4.78 is 7.44. The summed E-state index contributed by atoms with van der Waals surface area (Å²) in [6.07, 6.45) is 4.41. The van der Waals surface area contributed by atoms with Crippen LogP contribution in [0.4, 0.5) is 0 Å². The molecular formula is C14H16N4O. The molecule has 2 heterocycles. The predicted molar refractivity (Wildman–Crippen MR) is 72.6 cm³/mol. The molecule has 5 heteroatoms. The Bertz CT molecular complexity index is 671. The van der Waals surface area contributed by atoms with Crippen molar-refractivity contribution in [3.63, 3.8) is 0 Å². The minimum absolute atomic E-state index is 0.800. The van der Waals surface area contributed by atoms with Crippen LogP contribution >= 0.6 is 0 Å². The third-order valence-electron chi connectivity index (χ3n) is 3.21. The molecule has 0 fully saturated rings. The van der Waals surface area contributed by atoms with Crippen LogP contribution in [-0.4, -0.2) is 21.3 Å². The number of benzene rings is 1. The number of rotatable bonds is 5. The highest BCUT2D eigenvalue weighted by Crippen LogP contribution is 2.20. The normalized spacial score (nSPS) is 11.2. The largest absolute Gasteiger partial charge is 0.464 e. The zero-order valence-electron chi connectivity index (χ0n) is 10.8. The van der Waals surface area contributed by atoms with Crippen LogP contribution in [0.1, 0.15) is 11.4 Å². The van der Waals surface area contributed by atoms with E-state index in [-0.39, 0.29) is 0 Å². The van der Waals surface area contributed by atoms with Gasteiger partial charge in [-0.1, -0.05) is 18.2 Å². The van der Waals surface area contributed by atoms with Gasteiger partial charge in [-0.2, -0.15) is 0 Å². The van der Waals surface area contributed by atoms with Crippen LogP contribution in [0.3, 0.4) is 0 Å². The van der Waals surface area contributed by atoms with E-state index in [1.165, 1.54) is 10.9 Å². The van der Waals surface area contributed by atoms with E-state index in [1.807, 2.05) is 36.1 Å². The molecule has 2 aromatic heterocycles. The lowest BCUT2D eigenvalue weighted by Gasteiger charge is -2.03. The first kappa shape index (κ1) is 11.9. The minimum atomic E-state index is 0.800. The molecule has 5 nitrogen and oxygen atoms in total. The van der Waals surface area contributed by atoms with Crippen molar-refractivity contribution >= 4 is 11.0 Å². The van der Waals surface area contributed by atoms with E-state index in [1.54, 1.807) is 6.33 Å². The van der Waals surface area contributed by atoms with E-state index < -0.39 is 0 Å². The average Bonchev–Trinajstić information content (AvgIpc) is 3.02. The van der Waals surface area contributed by atoms with Crippen LogP contribution in [-0.2, 0) is 20.0 Å². The monoisotopic (exact) mass is 256 g/mol. The van der Waals surface area contributed by atoms with Gasteiger partial charge >= 0.3 is 0 Å². The Morgan fingerprint density at radius 3 is 3.05 bits per heavy atom. The second-order valence-corrected chi connectivity index (χ2v) is 4.54. The Hall–Kier alpha value is -2.14. The van der Waals surface area contributed by atoms with Gasteiger partial charge in [0.05, 0.1) is 6.26 Å². The van der Waals surface area contributed by atoms with Crippen LogP contribution in [0.2, 0.25) is 0 Å². The second kappa shape index (κ2) is 5.24. The first-order chi connectivity index (χ1) is 9.34. The first-order valence-corrected chi connectivity index (χ1v) is 6.33. The van der Waals surface area contributed by atoms with E-state index in [2.05, 4.69) is 21.6 Å². The van der Waals surface area contributed by atoms with Gasteiger partial charge < -0.3 is 14.3 Å². The first-order valence-electron chi connectivity index (χ1n) is 6.33. The van der Waals surface area contributed by atoms with Gasteiger partial charge in [0.1, 0.15) is 17.7 Å². The second-order valence-electron chi connectivity index (χ2n) is 4.54. The van der Waals surface area contributed by atoms with Crippen LogP contribution in [0.25, 0.3) is 11.0 Å². The third-order valence-corrected chi connectivity index (χ3v) is 3.21. The maximum absolute atomic E-state index is 5.50. The molecule has 0 saturated carbocycles. The zero-order valence-corrected chi connectivity index (χ0v) is 10.8. The fourth-order valence-corrected chi connectivity index (χ4v) is 2.13. The van der Waals surface area contributed by atoms with Gasteiger partial charge in [0.2, 0.25) is 0 Å². The van der Waals surface area contributed by atoms with Gasteiger partial charge in [-0.3, -0.25) is 0 Å². The zero-order chi connectivity index (χ0) is 13.1. The topological polar surface area (TPSA) is 55.9 Å². The van der Waals surface area contributed by atoms with Crippen LogP contribution in [0, 0.1) is 0 Å². The summed E-state index contributed by atoms with van der Waals surface area (Å²) in [5.41, 5.74) is 2.13. The number of aromatic nitrogens is 3. The molecule has 1 aromatic carbocycles. The lowest BCUT2D eigenvalue weighted by molar-refractivity contribution is 0.599. The van der Waals surface area contributed by atoms with Crippen molar-refractivity contribution in [2.75, 3.05) is 6.54 Å². The van der Waals surface area contributed by atoms with Crippen molar-refractivity contribution in [2.24, 2.45) is 7.05 Å². The molecule has 0 saturated heterocycles. The summed E-state index contributed by atoms with van der Waals surface area (Å²) in [6.45, 7) is 1.67. The third kappa shape index (κ3) is 2.51. The van der Waals surface area contributed by atoms with Crippen molar-refractivity contribution in [2.45, 2.75) is 13.0 Å². The van der Waals surface area contributed by atoms with Gasteiger partial charge in [-0.25, -0.2) is 0 Å². The molecule has 0 amide bonds. The van der Waals surface area contributed by atoms with E-state index in [0.717, 1.165) is 30.9 Å². The van der Waals surface area contributed by atoms with Gasteiger partial charge in [-0.15, -0.1) is 10.2 Å². The molecule has 1 N–H and O–H groups in total. The number of para-hydroxylation sites is 1. The molecular weight excluding hydrogens is 240 g/mol. The molecule has 0 atom stereocenters. The molecule has 0 spiro atoms. The number of fused-ring (bicyclic) bond motifs is 1. The molecule has 98 valence electrons. The van der Waals surface area contributed by atoms with E-state index in [0.29, 0.717) is 0 Å². The highest BCUT2D eigenvalue weighted by atomic mass is 16.3. The summed E-state index contributed by atoms with van der Waals surface area (Å²) in [7, 11) is 1.96. The Kier molecular flexibility index (Phi) is 3.29. The van der Waals surface area contributed by atoms with Crippen molar-refractivity contribution < 1.29 is 4.42 Å². The summed E-state index contributed by atoms with van der Waals surface area (Å²) in [4.78, 5) is 0. The Labute approximate surface area is 111 Å². The van der Waals surface area contributed by atoms with Crippen LogP contribution in [0.5, 0.6) is 0 Å². The SMILES string of the molecule is Cn1cnnc1CCNCc1coc2ccccc12. The number of hydrogen-bond acceptors (Lipinski definition) is 4. The molecule has 0 aliphatic heterocycles. The van der Waals surface area contributed by atoms with Crippen molar-refractivity contribution in [3.8, 4) is 0 Å². The number of furan rings is 1. The Morgan fingerprint density at radius 1 is 1.32 bits per heavy atom. The standard InChI is InChI=1S/C14H16N4O/c1-18-10-16-17-14(18)6-7-15-8-11-9-19-13-5-3-2-4-12(11)13/h2-5,9-10,15H,6-8H2,1H3. The molecule has 19 heavy (non-hydrogen) atoms. The number of nitrogens with one attached hydrogen (secondary N) is 1. The molecule has 0 aliphatic rings. The smallest absolute Gasteiger partial charge is 0.134 e. The lowest BCUT2D eigenvalue weighted by Crippen LogP contribution is -2.18. The van der Waals surface area contributed by atoms with Gasteiger partial charge in [0.25, 0.3) is 0 Å². The molecule has 0 aliphatic carbocycles. The van der Waals surface area contributed by atoms with E-state index in [9.17, 15) is 0 Å². The van der Waals surface area contributed by atoms with Crippen molar-refractivity contribution in [3.05, 3.63) is 48.2 Å². The summed E-state index contributed by atoms with van der Waals surface area (Å²) in [6, 6.07) is 8.08. The summed E-state index contributed by atoms with van der Waals surface area (Å²) in [5.74, 6) is 0.990. The Balaban J connectivity index is 1.57. The van der Waals surface area contributed by atoms with Crippen molar-refractivity contribution in [1.82, 2.24) is 20.1 Å². The molecule has 0 unspecified atom stereocenters. The van der Waals surface area contributed by atoms with Crippen LogP contribution < -0.4 is 5.32 Å². The van der Waals surface area contributed by atoms with E-state index >= 15 is 0 Å². The van der Waals surface area contributed by atoms with Crippen LogP contribution in [0.15, 0.2) is 41.3 Å². The molecule has 0 bridgehead atoms. The molecule has 3 rings (SSSR count). The minimum Gasteiger partial charge on any atom is -0.464 e. The van der Waals surface area contributed by atoms with Gasteiger partial charge in [0, 0.05) is 37.5 Å².